The molecule has 8 nitrogen and oxygen atoms in total. The summed E-state index contributed by atoms with van der Waals surface area (Å²) in [6, 6.07) is 5.99. The molecule has 158 valence electrons. The average Bonchev–Trinajstić information content (AvgIpc) is 3.18. The third-order valence-electron chi connectivity index (χ3n) is 5.67. The molecule has 9 heteroatoms. The maximum Gasteiger partial charge on any atom is 0.277 e. The van der Waals surface area contributed by atoms with E-state index in [1.54, 1.807) is 0 Å². The third-order valence-corrected chi connectivity index (χ3v) is 6.47. The highest BCUT2D eigenvalue weighted by atomic mass is 32.2. The molecule has 2 aliphatic rings. The molecule has 0 unspecified atom stereocenters. The third kappa shape index (κ3) is 3.98. The molecular weight excluding hydrogens is 404 g/mol. The molecule has 3 amide bonds. The van der Waals surface area contributed by atoms with Crippen LogP contribution in [0.2, 0.25) is 0 Å². The molecular formula is C21H24N4O4S. The van der Waals surface area contributed by atoms with Gasteiger partial charge in [-0.2, -0.15) is 0 Å². The van der Waals surface area contributed by atoms with E-state index in [4.69, 9.17) is 4.42 Å². The van der Waals surface area contributed by atoms with E-state index in [9.17, 15) is 14.4 Å². The summed E-state index contributed by atoms with van der Waals surface area (Å²) >= 11 is 1.12. The van der Waals surface area contributed by atoms with Gasteiger partial charge >= 0.3 is 0 Å². The second-order valence-electron chi connectivity index (χ2n) is 7.99. The van der Waals surface area contributed by atoms with Crippen LogP contribution in [0.5, 0.6) is 0 Å². The number of piperazine rings is 1. The molecule has 2 aromatic rings. The van der Waals surface area contributed by atoms with Crippen LogP contribution in [0.15, 0.2) is 27.8 Å². The van der Waals surface area contributed by atoms with E-state index in [-0.39, 0.29) is 29.3 Å². The minimum absolute atomic E-state index is 0.0246. The summed E-state index contributed by atoms with van der Waals surface area (Å²) in [6.07, 6.45) is 3.92. The first-order valence-electron chi connectivity index (χ1n) is 10.1. The van der Waals surface area contributed by atoms with Crippen LogP contribution < -0.4 is 5.32 Å². The Morgan fingerprint density at radius 3 is 2.53 bits per heavy atom. The standard InChI is InChI=1S/C21H24N4O4S/c1-13-8-14(2)10-15(9-13)18-23-24-20(29-18)30-12-17(27)25-11-16(26)22-19(28)21(25)6-4-3-5-7-21/h8-10H,3-7,11-12H2,1-2H3,(H,22,26,28). The quantitative estimate of drug-likeness (QED) is 0.589. The van der Waals surface area contributed by atoms with Crippen LogP contribution in [-0.2, 0) is 14.4 Å². The minimum Gasteiger partial charge on any atom is -0.411 e. The van der Waals surface area contributed by atoms with Gasteiger partial charge in [-0.1, -0.05) is 48.2 Å². The maximum atomic E-state index is 13.0. The van der Waals surface area contributed by atoms with E-state index in [2.05, 4.69) is 21.6 Å². The molecule has 0 atom stereocenters. The van der Waals surface area contributed by atoms with Gasteiger partial charge in [-0.05, 0) is 38.8 Å². The lowest BCUT2D eigenvalue weighted by molar-refractivity contribution is -0.158. The van der Waals surface area contributed by atoms with Gasteiger partial charge in [0.2, 0.25) is 17.7 Å². The Morgan fingerprint density at radius 1 is 1.13 bits per heavy atom. The fourth-order valence-electron chi connectivity index (χ4n) is 4.34. The number of benzene rings is 1. The van der Waals surface area contributed by atoms with E-state index in [0.717, 1.165) is 47.7 Å². The number of aryl methyl sites for hydroxylation is 2. The van der Waals surface area contributed by atoms with Gasteiger partial charge in [-0.3, -0.25) is 19.7 Å². The van der Waals surface area contributed by atoms with E-state index < -0.39 is 11.4 Å². The van der Waals surface area contributed by atoms with E-state index >= 15 is 0 Å². The number of carbonyl (C=O) groups is 3. The number of thioether (sulfide) groups is 1. The van der Waals surface area contributed by atoms with Crippen molar-refractivity contribution in [2.75, 3.05) is 12.3 Å². The minimum atomic E-state index is -0.914. The Bertz CT molecular complexity index is 976. The van der Waals surface area contributed by atoms with Gasteiger partial charge < -0.3 is 9.32 Å². The second kappa shape index (κ2) is 8.22. The largest absolute Gasteiger partial charge is 0.411 e. The maximum absolute atomic E-state index is 13.0. The number of rotatable bonds is 4. The Morgan fingerprint density at radius 2 is 1.83 bits per heavy atom. The zero-order valence-corrected chi connectivity index (χ0v) is 17.9. The van der Waals surface area contributed by atoms with E-state index in [0.29, 0.717) is 18.7 Å². The Labute approximate surface area is 178 Å². The van der Waals surface area contributed by atoms with Crippen molar-refractivity contribution >= 4 is 29.5 Å². The first-order valence-corrected chi connectivity index (χ1v) is 11.1. The van der Waals surface area contributed by atoms with Crippen molar-refractivity contribution in [2.24, 2.45) is 0 Å². The summed E-state index contributed by atoms with van der Waals surface area (Å²) in [5.41, 5.74) is 2.11. The molecule has 1 saturated heterocycles. The van der Waals surface area contributed by atoms with E-state index in [1.165, 1.54) is 4.90 Å². The fourth-order valence-corrected chi connectivity index (χ4v) is 4.98. The molecule has 2 heterocycles. The zero-order chi connectivity index (χ0) is 21.3. The highest BCUT2D eigenvalue weighted by molar-refractivity contribution is 7.99. The topological polar surface area (TPSA) is 105 Å². The number of aromatic nitrogens is 2. The molecule has 1 spiro atoms. The summed E-state index contributed by atoms with van der Waals surface area (Å²) in [6.45, 7) is 3.90. The number of nitrogens with zero attached hydrogens (tertiary/aromatic N) is 3. The zero-order valence-electron chi connectivity index (χ0n) is 17.1. The molecule has 1 aromatic heterocycles. The Kier molecular flexibility index (Phi) is 5.64. The smallest absolute Gasteiger partial charge is 0.277 e. The number of carbonyl (C=O) groups excluding carboxylic acids is 3. The van der Waals surface area contributed by atoms with Crippen molar-refractivity contribution < 1.29 is 18.8 Å². The number of nitrogens with one attached hydrogen (secondary N) is 1. The van der Waals surface area contributed by atoms with Gasteiger partial charge in [-0.25, -0.2) is 0 Å². The molecule has 1 aliphatic heterocycles. The van der Waals surface area contributed by atoms with Gasteiger partial charge in [0, 0.05) is 5.56 Å². The predicted octanol–water partition coefficient (Wildman–Crippen LogP) is 2.63. The Hall–Kier alpha value is -2.68. The Balaban J connectivity index is 1.47. The summed E-state index contributed by atoms with van der Waals surface area (Å²) in [5.74, 6) is -0.642. The number of imide groups is 1. The normalized spacial score (nSPS) is 18.5. The summed E-state index contributed by atoms with van der Waals surface area (Å²) in [5, 5.41) is 10.8. The summed E-state index contributed by atoms with van der Waals surface area (Å²) in [4.78, 5) is 39.0. The molecule has 1 N–H and O–H groups in total. The average molecular weight is 429 g/mol. The van der Waals surface area contributed by atoms with Crippen LogP contribution in [-0.4, -0.2) is 50.7 Å². The lowest BCUT2D eigenvalue weighted by Gasteiger charge is -2.47. The molecule has 30 heavy (non-hydrogen) atoms. The van der Waals surface area contributed by atoms with Crippen LogP contribution in [0.25, 0.3) is 11.5 Å². The van der Waals surface area contributed by atoms with Crippen molar-refractivity contribution in [1.29, 1.82) is 0 Å². The highest BCUT2D eigenvalue weighted by Gasteiger charge is 2.50. The fraction of sp³-hybridized carbons (Fsp3) is 0.476. The molecule has 1 saturated carbocycles. The van der Waals surface area contributed by atoms with Crippen molar-refractivity contribution in [1.82, 2.24) is 20.4 Å². The summed E-state index contributed by atoms with van der Waals surface area (Å²) in [7, 11) is 0. The lowest BCUT2D eigenvalue weighted by Crippen LogP contribution is -2.69. The second-order valence-corrected chi connectivity index (χ2v) is 8.91. The predicted molar refractivity (Wildman–Crippen MR) is 111 cm³/mol. The van der Waals surface area contributed by atoms with Crippen LogP contribution in [0.3, 0.4) is 0 Å². The van der Waals surface area contributed by atoms with Crippen LogP contribution in [0.1, 0.15) is 43.2 Å². The molecule has 4 rings (SSSR count). The molecule has 0 bridgehead atoms. The van der Waals surface area contributed by atoms with Crippen molar-refractivity contribution in [3.05, 3.63) is 29.3 Å². The highest BCUT2D eigenvalue weighted by Crippen LogP contribution is 2.36. The molecule has 1 aromatic carbocycles. The van der Waals surface area contributed by atoms with Crippen LogP contribution >= 0.6 is 11.8 Å². The molecule has 0 radical (unpaired) electrons. The molecule has 1 aliphatic carbocycles. The van der Waals surface area contributed by atoms with Gasteiger partial charge in [0.05, 0.1) is 5.75 Å². The summed E-state index contributed by atoms with van der Waals surface area (Å²) < 4.78 is 5.72. The van der Waals surface area contributed by atoms with Gasteiger partial charge in [-0.15, -0.1) is 10.2 Å². The van der Waals surface area contributed by atoms with Crippen LogP contribution in [0, 0.1) is 13.8 Å². The van der Waals surface area contributed by atoms with Gasteiger partial charge in [0.15, 0.2) is 0 Å². The van der Waals surface area contributed by atoms with Gasteiger partial charge in [0.1, 0.15) is 12.1 Å². The first-order chi connectivity index (χ1) is 14.4. The van der Waals surface area contributed by atoms with Crippen LogP contribution in [0.4, 0.5) is 0 Å². The van der Waals surface area contributed by atoms with Crippen molar-refractivity contribution in [3.63, 3.8) is 0 Å². The number of amides is 3. The first kappa shape index (κ1) is 20.6. The van der Waals surface area contributed by atoms with E-state index in [1.807, 2.05) is 26.0 Å². The van der Waals surface area contributed by atoms with Crippen molar-refractivity contribution in [2.45, 2.75) is 56.7 Å². The monoisotopic (exact) mass is 428 g/mol. The lowest BCUT2D eigenvalue weighted by atomic mass is 9.78. The SMILES string of the molecule is Cc1cc(C)cc(-c2nnc(SCC(=O)N3CC(=O)NC(=O)C34CCCCC4)o2)c1. The van der Waals surface area contributed by atoms with Crippen molar-refractivity contribution in [3.8, 4) is 11.5 Å². The molecule has 2 fully saturated rings. The number of hydrogen-bond donors (Lipinski definition) is 1. The van der Waals surface area contributed by atoms with Gasteiger partial charge in [0.25, 0.3) is 11.1 Å². The number of hydrogen-bond acceptors (Lipinski definition) is 7.